The molecule has 1 saturated heterocycles. The third kappa shape index (κ3) is 3.07. The highest BCUT2D eigenvalue weighted by Gasteiger charge is 2.21. The van der Waals surface area contributed by atoms with E-state index in [0.717, 1.165) is 24.9 Å². The Bertz CT molecular complexity index is 436. The molecule has 1 amide bonds. The minimum absolute atomic E-state index is 0.00908. The van der Waals surface area contributed by atoms with Crippen molar-refractivity contribution in [3.8, 4) is 0 Å². The maximum atomic E-state index is 11.7. The third-order valence-electron chi connectivity index (χ3n) is 3.04. The van der Waals surface area contributed by atoms with Gasteiger partial charge in [-0.1, -0.05) is 12.1 Å². The Morgan fingerprint density at radius 3 is 2.61 bits per heavy atom. The van der Waals surface area contributed by atoms with Gasteiger partial charge in [-0.05, 0) is 37.1 Å². The number of amides is 1. The highest BCUT2D eigenvalue weighted by molar-refractivity contribution is 5.87. The van der Waals surface area contributed by atoms with Crippen LogP contribution < -0.4 is 10.6 Å². The molecule has 0 spiro atoms. The van der Waals surface area contributed by atoms with Crippen molar-refractivity contribution in [2.24, 2.45) is 0 Å². The van der Waals surface area contributed by atoms with Gasteiger partial charge < -0.3 is 15.7 Å². The highest BCUT2D eigenvalue weighted by Crippen LogP contribution is 2.07. The fourth-order valence-corrected chi connectivity index (χ4v) is 1.99. The van der Waals surface area contributed by atoms with Gasteiger partial charge in [-0.2, -0.15) is 0 Å². The van der Waals surface area contributed by atoms with Gasteiger partial charge in [0.05, 0.1) is 11.6 Å². The molecule has 0 aliphatic carbocycles. The summed E-state index contributed by atoms with van der Waals surface area (Å²) in [4.78, 5) is 22.4. The van der Waals surface area contributed by atoms with E-state index < -0.39 is 5.97 Å². The molecule has 0 bridgehead atoms. The predicted molar refractivity (Wildman–Crippen MR) is 66.3 cm³/mol. The summed E-state index contributed by atoms with van der Waals surface area (Å²) in [5, 5.41) is 14.7. The minimum atomic E-state index is -0.944. The molecule has 1 fully saturated rings. The van der Waals surface area contributed by atoms with Crippen molar-refractivity contribution in [1.82, 2.24) is 10.6 Å². The molecule has 1 aromatic carbocycles. The summed E-state index contributed by atoms with van der Waals surface area (Å²) in [6.07, 6.45) is 1.91. The van der Waals surface area contributed by atoms with Gasteiger partial charge in [-0.15, -0.1) is 0 Å². The maximum absolute atomic E-state index is 11.7. The summed E-state index contributed by atoms with van der Waals surface area (Å²) in [6, 6.07) is 6.43. The zero-order valence-electron chi connectivity index (χ0n) is 9.98. The van der Waals surface area contributed by atoms with Crippen LogP contribution >= 0.6 is 0 Å². The lowest BCUT2D eigenvalue weighted by molar-refractivity contribution is -0.122. The van der Waals surface area contributed by atoms with Gasteiger partial charge in [0.1, 0.15) is 0 Å². The minimum Gasteiger partial charge on any atom is -0.478 e. The first-order valence-corrected chi connectivity index (χ1v) is 6.00. The van der Waals surface area contributed by atoms with Crippen LogP contribution in [-0.4, -0.2) is 29.6 Å². The molecule has 0 radical (unpaired) electrons. The lowest BCUT2D eigenvalue weighted by Crippen LogP contribution is -2.39. The molecule has 0 unspecified atom stereocenters. The summed E-state index contributed by atoms with van der Waals surface area (Å²) in [5.74, 6) is -0.935. The van der Waals surface area contributed by atoms with Crippen molar-refractivity contribution in [1.29, 1.82) is 0 Å². The van der Waals surface area contributed by atoms with E-state index in [1.165, 1.54) is 12.1 Å². The van der Waals surface area contributed by atoms with E-state index in [-0.39, 0.29) is 17.5 Å². The summed E-state index contributed by atoms with van der Waals surface area (Å²) < 4.78 is 0. The quantitative estimate of drug-likeness (QED) is 0.735. The van der Waals surface area contributed by atoms with Gasteiger partial charge >= 0.3 is 5.97 Å². The fraction of sp³-hybridized carbons (Fsp3) is 0.385. The fourth-order valence-electron chi connectivity index (χ4n) is 1.99. The van der Waals surface area contributed by atoms with Crippen LogP contribution in [0.1, 0.15) is 28.8 Å². The predicted octanol–water partition coefficient (Wildman–Crippen LogP) is 0.753. The molecule has 96 valence electrons. The van der Waals surface area contributed by atoms with Crippen LogP contribution in [0.2, 0.25) is 0 Å². The zero-order valence-corrected chi connectivity index (χ0v) is 9.98. The van der Waals surface area contributed by atoms with Crippen molar-refractivity contribution >= 4 is 11.9 Å². The van der Waals surface area contributed by atoms with E-state index >= 15 is 0 Å². The van der Waals surface area contributed by atoms with Gasteiger partial charge in [0.15, 0.2) is 0 Å². The van der Waals surface area contributed by atoms with Crippen molar-refractivity contribution in [2.75, 3.05) is 6.54 Å². The Kier molecular flexibility index (Phi) is 3.94. The van der Waals surface area contributed by atoms with Crippen molar-refractivity contribution < 1.29 is 14.7 Å². The summed E-state index contributed by atoms with van der Waals surface area (Å²) >= 11 is 0. The van der Waals surface area contributed by atoms with Gasteiger partial charge in [-0.3, -0.25) is 4.79 Å². The average Bonchev–Trinajstić information content (AvgIpc) is 2.90. The monoisotopic (exact) mass is 248 g/mol. The van der Waals surface area contributed by atoms with Gasteiger partial charge in [0.2, 0.25) is 5.91 Å². The molecule has 1 atom stereocenters. The molecule has 2 rings (SSSR count). The molecule has 5 nitrogen and oxygen atoms in total. The Morgan fingerprint density at radius 1 is 1.33 bits per heavy atom. The van der Waals surface area contributed by atoms with Crippen LogP contribution in [0.4, 0.5) is 0 Å². The van der Waals surface area contributed by atoms with E-state index in [1.807, 2.05) is 0 Å². The molecule has 5 heteroatoms. The molecule has 1 aliphatic rings. The lowest BCUT2D eigenvalue weighted by Gasteiger charge is -2.11. The molecular weight excluding hydrogens is 232 g/mol. The van der Waals surface area contributed by atoms with Crippen LogP contribution in [0, 0.1) is 0 Å². The van der Waals surface area contributed by atoms with E-state index in [2.05, 4.69) is 10.6 Å². The Hall–Kier alpha value is -1.88. The Balaban J connectivity index is 1.86. The molecule has 1 heterocycles. The number of carbonyl (C=O) groups is 2. The number of hydrogen-bond donors (Lipinski definition) is 3. The second-order valence-corrected chi connectivity index (χ2v) is 4.37. The van der Waals surface area contributed by atoms with Crippen molar-refractivity contribution in [2.45, 2.75) is 25.4 Å². The zero-order chi connectivity index (χ0) is 13.0. The third-order valence-corrected chi connectivity index (χ3v) is 3.04. The SMILES string of the molecule is O=C(O)c1ccc(CNC(=O)[C@@H]2CCCN2)cc1. The molecule has 3 N–H and O–H groups in total. The lowest BCUT2D eigenvalue weighted by atomic mass is 10.1. The number of carboxylic acid groups (broad SMARTS) is 1. The molecule has 0 aromatic heterocycles. The normalized spacial score (nSPS) is 18.6. The van der Waals surface area contributed by atoms with E-state index in [1.54, 1.807) is 12.1 Å². The van der Waals surface area contributed by atoms with E-state index in [9.17, 15) is 9.59 Å². The summed E-state index contributed by atoms with van der Waals surface area (Å²) in [7, 11) is 0. The molecule has 0 saturated carbocycles. The first kappa shape index (κ1) is 12.6. The number of benzene rings is 1. The topological polar surface area (TPSA) is 78.4 Å². The number of rotatable bonds is 4. The smallest absolute Gasteiger partial charge is 0.335 e. The van der Waals surface area contributed by atoms with Crippen molar-refractivity contribution in [3.63, 3.8) is 0 Å². The average molecular weight is 248 g/mol. The molecule has 18 heavy (non-hydrogen) atoms. The van der Waals surface area contributed by atoms with E-state index in [4.69, 9.17) is 5.11 Å². The van der Waals surface area contributed by atoms with Gasteiger partial charge in [-0.25, -0.2) is 4.79 Å². The van der Waals surface area contributed by atoms with E-state index in [0.29, 0.717) is 6.54 Å². The molecule has 1 aliphatic heterocycles. The van der Waals surface area contributed by atoms with Crippen LogP contribution in [0.5, 0.6) is 0 Å². The number of aromatic carboxylic acids is 1. The number of carboxylic acids is 1. The standard InChI is InChI=1S/C13H16N2O3/c16-12(11-2-1-7-14-11)15-8-9-3-5-10(6-4-9)13(17)18/h3-6,11,14H,1-2,7-8H2,(H,15,16)(H,17,18)/t11-/m0/s1. The first-order chi connectivity index (χ1) is 8.66. The van der Waals surface area contributed by atoms with Crippen LogP contribution in [0.3, 0.4) is 0 Å². The maximum Gasteiger partial charge on any atom is 0.335 e. The summed E-state index contributed by atoms with van der Waals surface area (Å²) in [5.41, 5.74) is 1.15. The summed E-state index contributed by atoms with van der Waals surface area (Å²) in [6.45, 7) is 1.32. The van der Waals surface area contributed by atoms with Crippen LogP contribution in [-0.2, 0) is 11.3 Å². The van der Waals surface area contributed by atoms with Crippen molar-refractivity contribution in [3.05, 3.63) is 35.4 Å². The number of nitrogens with one attached hydrogen (secondary N) is 2. The van der Waals surface area contributed by atoms with Crippen LogP contribution in [0.25, 0.3) is 0 Å². The number of carbonyl (C=O) groups excluding carboxylic acids is 1. The highest BCUT2D eigenvalue weighted by atomic mass is 16.4. The number of hydrogen-bond acceptors (Lipinski definition) is 3. The second-order valence-electron chi connectivity index (χ2n) is 4.37. The largest absolute Gasteiger partial charge is 0.478 e. The first-order valence-electron chi connectivity index (χ1n) is 6.00. The Labute approximate surface area is 105 Å². The van der Waals surface area contributed by atoms with Gasteiger partial charge in [0, 0.05) is 6.54 Å². The Morgan fingerprint density at radius 2 is 2.06 bits per heavy atom. The molecule has 1 aromatic rings. The van der Waals surface area contributed by atoms with Gasteiger partial charge in [0.25, 0.3) is 0 Å². The second kappa shape index (κ2) is 5.64. The van der Waals surface area contributed by atoms with Crippen LogP contribution in [0.15, 0.2) is 24.3 Å². The molecular formula is C13H16N2O3.